The summed E-state index contributed by atoms with van der Waals surface area (Å²) in [7, 11) is 6.09. The van der Waals surface area contributed by atoms with Crippen LogP contribution in [0.1, 0.15) is 16.1 Å². The standard InChI is InChI=1S/C21H20O6/c1-23-15-8-6-5-7-14(15)16-9-10-17(27-16)20(22)13-11-18(24-2)21(26-4)19(12-13)25-3/h5-12H,1-4H3. The van der Waals surface area contributed by atoms with Crippen LogP contribution in [0, 0.1) is 0 Å². The molecule has 0 radical (unpaired) electrons. The lowest BCUT2D eigenvalue weighted by molar-refractivity contribution is 0.101. The van der Waals surface area contributed by atoms with Crippen LogP contribution in [-0.2, 0) is 0 Å². The topological polar surface area (TPSA) is 67.1 Å². The summed E-state index contributed by atoms with van der Waals surface area (Å²) in [6, 6.07) is 14.0. The molecule has 0 saturated carbocycles. The van der Waals surface area contributed by atoms with Gasteiger partial charge in [-0.25, -0.2) is 0 Å². The molecule has 0 aliphatic heterocycles. The summed E-state index contributed by atoms with van der Waals surface area (Å²) >= 11 is 0. The van der Waals surface area contributed by atoms with Crippen molar-refractivity contribution in [3.63, 3.8) is 0 Å². The molecule has 0 amide bonds. The Labute approximate surface area is 157 Å². The molecule has 0 bridgehead atoms. The van der Waals surface area contributed by atoms with Crippen molar-refractivity contribution < 1.29 is 28.2 Å². The Hall–Kier alpha value is -3.41. The maximum Gasteiger partial charge on any atom is 0.228 e. The quantitative estimate of drug-likeness (QED) is 0.582. The Morgan fingerprint density at radius 1 is 0.778 bits per heavy atom. The van der Waals surface area contributed by atoms with Crippen molar-refractivity contribution in [2.24, 2.45) is 0 Å². The first-order chi connectivity index (χ1) is 13.1. The first-order valence-corrected chi connectivity index (χ1v) is 8.20. The second-order valence-corrected chi connectivity index (χ2v) is 5.61. The monoisotopic (exact) mass is 368 g/mol. The van der Waals surface area contributed by atoms with Gasteiger partial charge in [-0.3, -0.25) is 4.79 Å². The second-order valence-electron chi connectivity index (χ2n) is 5.61. The van der Waals surface area contributed by atoms with Crippen LogP contribution in [0.4, 0.5) is 0 Å². The van der Waals surface area contributed by atoms with Gasteiger partial charge in [0.05, 0.1) is 34.0 Å². The van der Waals surface area contributed by atoms with Gasteiger partial charge in [0.1, 0.15) is 11.5 Å². The highest BCUT2D eigenvalue weighted by atomic mass is 16.5. The first kappa shape index (κ1) is 18.4. The Balaban J connectivity index is 1.99. The molecule has 0 spiro atoms. The van der Waals surface area contributed by atoms with Crippen molar-refractivity contribution in [1.29, 1.82) is 0 Å². The maximum absolute atomic E-state index is 12.9. The molecule has 0 aliphatic carbocycles. The molecule has 6 heteroatoms. The van der Waals surface area contributed by atoms with E-state index in [4.69, 9.17) is 23.4 Å². The summed E-state index contributed by atoms with van der Waals surface area (Å²) in [4.78, 5) is 12.9. The van der Waals surface area contributed by atoms with Gasteiger partial charge < -0.3 is 23.4 Å². The van der Waals surface area contributed by atoms with Gasteiger partial charge in [0.25, 0.3) is 0 Å². The Bertz CT molecular complexity index is 932. The number of para-hydroxylation sites is 1. The van der Waals surface area contributed by atoms with Crippen LogP contribution in [0.5, 0.6) is 23.0 Å². The summed E-state index contributed by atoms with van der Waals surface area (Å²) in [6.45, 7) is 0. The molecule has 0 fully saturated rings. The number of ether oxygens (including phenoxy) is 4. The molecule has 3 rings (SSSR count). The van der Waals surface area contributed by atoms with E-state index in [0.29, 0.717) is 34.3 Å². The summed E-state index contributed by atoms with van der Waals surface area (Å²) in [5.74, 6) is 2.33. The highest BCUT2D eigenvalue weighted by molar-refractivity contribution is 6.08. The number of furan rings is 1. The van der Waals surface area contributed by atoms with E-state index in [1.54, 1.807) is 31.4 Å². The van der Waals surface area contributed by atoms with Gasteiger partial charge in [-0.15, -0.1) is 0 Å². The molecular weight excluding hydrogens is 348 g/mol. The molecule has 6 nitrogen and oxygen atoms in total. The number of carbonyl (C=O) groups excluding carboxylic acids is 1. The second kappa shape index (κ2) is 7.86. The van der Waals surface area contributed by atoms with Gasteiger partial charge in [0.2, 0.25) is 11.5 Å². The van der Waals surface area contributed by atoms with Crippen molar-refractivity contribution in [3.8, 4) is 34.3 Å². The van der Waals surface area contributed by atoms with Crippen LogP contribution in [0.2, 0.25) is 0 Å². The number of benzene rings is 2. The van der Waals surface area contributed by atoms with Crippen LogP contribution in [0.15, 0.2) is 52.9 Å². The number of rotatable bonds is 7. The molecule has 0 aliphatic rings. The number of methoxy groups -OCH3 is 4. The van der Waals surface area contributed by atoms with E-state index in [2.05, 4.69) is 0 Å². The van der Waals surface area contributed by atoms with Gasteiger partial charge in [0.15, 0.2) is 17.3 Å². The van der Waals surface area contributed by atoms with E-state index < -0.39 is 0 Å². The highest BCUT2D eigenvalue weighted by Gasteiger charge is 2.21. The molecule has 1 aromatic heterocycles. The third kappa shape index (κ3) is 3.46. The SMILES string of the molecule is COc1ccccc1-c1ccc(C(=O)c2cc(OC)c(OC)c(OC)c2)o1. The van der Waals surface area contributed by atoms with Gasteiger partial charge in [-0.2, -0.15) is 0 Å². The minimum Gasteiger partial charge on any atom is -0.496 e. The average molecular weight is 368 g/mol. The van der Waals surface area contributed by atoms with Crippen molar-refractivity contribution >= 4 is 5.78 Å². The van der Waals surface area contributed by atoms with Crippen LogP contribution >= 0.6 is 0 Å². The number of carbonyl (C=O) groups is 1. The zero-order valence-electron chi connectivity index (χ0n) is 15.6. The predicted molar refractivity (Wildman–Crippen MR) is 100 cm³/mol. The zero-order valence-corrected chi connectivity index (χ0v) is 15.6. The summed E-state index contributed by atoms with van der Waals surface area (Å²) in [5, 5.41) is 0. The molecule has 2 aromatic carbocycles. The summed E-state index contributed by atoms with van der Waals surface area (Å²) in [6.07, 6.45) is 0. The zero-order chi connectivity index (χ0) is 19.4. The molecule has 27 heavy (non-hydrogen) atoms. The highest BCUT2D eigenvalue weighted by Crippen LogP contribution is 2.39. The predicted octanol–water partition coefficient (Wildman–Crippen LogP) is 4.21. The Morgan fingerprint density at radius 3 is 2.00 bits per heavy atom. The number of hydrogen-bond acceptors (Lipinski definition) is 6. The molecule has 0 saturated heterocycles. The number of hydrogen-bond donors (Lipinski definition) is 0. The number of ketones is 1. The molecule has 0 unspecified atom stereocenters. The third-order valence-electron chi connectivity index (χ3n) is 4.13. The fourth-order valence-electron chi connectivity index (χ4n) is 2.81. The van der Waals surface area contributed by atoms with Gasteiger partial charge in [-0.05, 0) is 36.4 Å². The minimum atomic E-state index is -0.296. The van der Waals surface area contributed by atoms with E-state index in [1.807, 2.05) is 24.3 Å². The lowest BCUT2D eigenvalue weighted by Gasteiger charge is -2.13. The largest absolute Gasteiger partial charge is 0.496 e. The van der Waals surface area contributed by atoms with Crippen LogP contribution in [0.3, 0.4) is 0 Å². The molecule has 0 N–H and O–H groups in total. The fraction of sp³-hybridized carbons (Fsp3) is 0.190. The van der Waals surface area contributed by atoms with Crippen molar-refractivity contribution in [2.45, 2.75) is 0 Å². The van der Waals surface area contributed by atoms with E-state index in [-0.39, 0.29) is 11.5 Å². The van der Waals surface area contributed by atoms with E-state index in [0.717, 1.165) is 5.56 Å². The van der Waals surface area contributed by atoms with Crippen LogP contribution in [-0.4, -0.2) is 34.2 Å². The van der Waals surface area contributed by atoms with Crippen molar-refractivity contribution in [2.75, 3.05) is 28.4 Å². The van der Waals surface area contributed by atoms with E-state index >= 15 is 0 Å². The summed E-state index contributed by atoms with van der Waals surface area (Å²) in [5.41, 5.74) is 1.13. The van der Waals surface area contributed by atoms with E-state index in [9.17, 15) is 4.79 Å². The minimum absolute atomic E-state index is 0.199. The fourth-order valence-corrected chi connectivity index (χ4v) is 2.81. The molecule has 140 valence electrons. The lowest BCUT2D eigenvalue weighted by Crippen LogP contribution is -2.03. The smallest absolute Gasteiger partial charge is 0.228 e. The molecular formula is C21H20O6. The van der Waals surface area contributed by atoms with Crippen LogP contribution < -0.4 is 18.9 Å². The normalized spacial score (nSPS) is 10.4. The van der Waals surface area contributed by atoms with Gasteiger partial charge in [-0.1, -0.05) is 12.1 Å². The lowest BCUT2D eigenvalue weighted by atomic mass is 10.1. The van der Waals surface area contributed by atoms with Crippen molar-refractivity contribution in [3.05, 3.63) is 59.9 Å². The van der Waals surface area contributed by atoms with Crippen molar-refractivity contribution in [1.82, 2.24) is 0 Å². The third-order valence-corrected chi connectivity index (χ3v) is 4.13. The van der Waals surface area contributed by atoms with Gasteiger partial charge in [0, 0.05) is 5.56 Å². The molecule has 0 atom stereocenters. The average Bonchev–Trinajstić information content (AvgIpc) is 3.21. The van der Waals surface area contributed by atoms with Gasteiger partial charge >= 0.3 is 0 Å². The molecule has 3 aromatic rings. The molecule has 1 heterocycles. The van der Waals surface area contributed by atoms with E-state index in [1.165, 1.54) is 21.3 Å². The Kier molecular flexibility index (Phi) is 5.35. The van der Waals surface area contributed by atoms with Crippen LogP contribution in [0.25, 0.3) is 11.3 Å². The Morgan fingerprint density at radius 2 is 1.41 bits per heavy atom. The maximum atomic E-state index is 12.9. The summed E-state index contributed by atoms with van der Waals surface area (Å²) < 4.78 is 27.0. The first-order valence-electron chi connectivity index (χ1n) is 8.20.